The van der Waals surface area contributed by atoms with Crippen molar-refractivity contribution in [3.05, 3.63) is 23.5 Å². The minimum absolute atomic E-state index is 0.000518. The van der Waals surface area contributed by atoms with Gasteiger partial charge in [-0.3, -0.25) is 19.4 Å². The fourth-order valence-corrected chi connectivity index (χ4v) is 2.76. The SMILES string of the molecule is COC(=O)CN(C(=O)C(F)(F)F)c1ccc2c(c1F)CCN2C(=O)OC(C)(C)C. The molecule has 160 valence electrons. The molecule has 11 heteroatoms. The summed E-state index contributed by atoms with van der Waals surface area (Å²) in [5, 5.41) is 0. The summed E-state index contributed by atoms with van der Waals surface area (Å²) < 4.78 is 63.4. The molecule has 0 unspecified atom stereocenters. The van der Waals surface area contributed by atoms with Crippen LogP contribution in [0.1, 0.15) is 26.3 Å². The van der Waals surface area contributed by atoms with Crippen molar-refractivity contribution in [1.29, 1.82) is 0 Å². The largest absolute Gasteiger partial charge is 0.471 e. The van der Waals surface area contributed by atoms with E-state index in [1.54, 1.807) is 20.8 Å². The van der Waals surface area contributed by atoms with Gasteiger partial charge in [-0.15, -0.1) is 0 Å². The van der Waals surface area contributed by atoms with Crippen LogP contribution in [0, 0.1) is 5.82 Å². The van der Waals surface area contributed by atoms with Crippen LogP contribution >= 0.6 is 0 Å². The highest BCUT2D eigenvalue weighted by molar-refractivity contribution is 6.01. The van der Waals surface area contributed by atoms with E-state index in [4.69, 9.17) is 4.74 Å². The van der Waals surface area contributed by atoms with E-state index in [-0.39, 0.29) is 29.1 Å². The Hall–Kier alpha value is -2.85. The third kappa shape index (κ3) is 4.96. The maximum atomic E-state index is 15.0. The molecule has 0 saturated heterocycles. The van der Waals surface area contributed by atoms with Crippen molar-refractivity contribution in [2.75, 3.05) is 30.0 Å². The molecule has 0 atom stereocenters. The third-order valence-electron chi connectivity index (χ3n) is 3.98. The molecule has 0 N–H and O–H groups in total. The Morgan fingerprint density at radius 2 is 1.79 bits per heavy atom. The minimum atomic E-state index is -5.33. The lowest BCUT2D eigenvalue weighted by molar-refractivity contribution is -0.171. The smallest absolute Gasteiger partial charge is 0.468 e. The maximum absolute atomic E-state index is 15.0. The summed E-state index contributed by atoms with van der Waals surface area (Å²) in [6.07, 6.45) is -6.07. The Labute approximate surface area is 164 Å². The molecule has 1 heterocycles. The van der Waals surface area contributed by atoms with Gasteiger partial charge in [-0.2, -0.15) is 13.2 Å². The Bertz CT molecular complexity index is 833. The van der Waals surface area contributed by atoms with Gasteiger partial charge in [-0.1, -0.05) is 0 Å². The lowest BCUT2D eigenvalue weighted by atomic mass is 10.1. The molecule has 0 radical (unpaired) electrons. The lowest BCUT2D eigenvalue weighted by Crippen LogP contribution is -2.44. The van der Waals surface area contributed by atoms with E-state index in [1.807, 2.05) is 0 Å². The number of hydrogen-bond donors (Lipinski definition) is 0. The number of fused-ring (bicyclic) bond motifs is 1. The molecule has 1 aromatic rings. The van der Waals surface area contributed by atoms with Crippen LogP contribution in [0.5, 0.6) is 0 Å². The number of nitrogens with zero attached hydrogens (tertiary/aromatic N) is 2. The first kappa shape index (κ1) is 22.4. The van der Waals surface area contributed by atoms with Gasteiger partial charge >= 0.3 is 24.1 Å². The summed E-state index contributed by atoms with van der Waals surface area (Å²) in [7, 11) is 0.927. The molecule has 0 bridgehead atoms. The van der Waals surface area contributed by atoms with E-state index in [2.05, 4.69) is 4.74 Å². The molecule has 1 aliphatic heterocycles. The van der Waals surface area contributed by atoms with Crippen molar-refractivity contribution in [1.82, 2.24) is 0 Å². The molecule has 2 rings (SSSR count). The van der Waals surface area contributed by atoms with Crippen LogP contribution in [0.3, 0.4) is 0 Å². The van der Waals surface area contributed by atoms with Gasteiger partial charge < -0.3 is 9.47 Å². The summed E-state index contributed by atoms with van der Waals surface area (Å²) in [4.78, 5) is 36.6. The second kappa shape index (κ2) is 7.88. The highest BCUT2D eigenvalue weighted by Gasteiger charge is 2.45. The molecule has 29 heavy (non-hydrogen) atoms. The van der Waals surface area contributed by atoms with Crippen molar-refractivity contribution >= 4 is 29.3 Å². The van der Waals surface area contributed by atoms with Crippen molar-refractivity contribution in [2.45, 2.75) is 39.0 Å². The van der Waals surface area contributed by atoms with Crippen molar-refractivity contribution in [3.8, 4) is 0 Å². The van der Waals surface area contributed by atoms with E-state index >= 15 is 4.39 Å². The summed E-state index contributed by atoms with van der Waals surface area (Å²) in [6.45, 7) is 3.88. The van der Waals surface area contributed by atoms with Gasteiger partial charge in [0.15, 0.2) is 5.82 Å². The Morgan fingerprint density at radius 3 is 2.31 bits per heavy atom. The highest BCUT2D eigenvalue weighted by atomic mass is 19.4. The van der Waals surface area contributed by atoms with E-state index in [1.165, 1.54) is 6.07 Å². The number of carbonyl (C=O) groups excluding carboxylic acids is 3. The first-order valence-electron chi connectivity index (χ1n) is 8.53. The molecule has 2 amide bonds. The average molecular weight is 420 g/mol. The normalized spacial score (nSPS) is 13.7. The lowest BCUT2D eigenvalue weighted by Gasteiger charge is -2.26. The number of ether oxygens (including phenoxy) is 2. The second-order valence-electron chi connectivity index (χ2n) is 7.24. The van der Waals surface area contributed by atoms with Gasteiger partial charge in [-0.05, 0) is 39.3 Å². The summed E-state index contributed by atoms with van der Waals surface area (Å²) in [6, 6.07) is 2.11. The standard InChI is InChI=1S/C18H20F4N2O5/c1-17(2,3)29-16(27)23-8-7-10-11(23)5-6-12(14(10)19)24(9-13(25)28-4)15(26)18(20,21)22/h5-6H,7-9H2,1-4H3. The molecule has 0 saturated carbocycles. The van der Waals surface area contributed by atoms with Gasteiger partial charge in [0.2, 0.25) is 0 Å². The number of halogens is 4. The first-order valence-corrected chi connectivity index (χ1v) is 8.53. The Morgan fingerprint density at radius 1 is 1.17 bits per heavy atom. The first-order chi connectivity index (χ1) is 13.3. The van der Waals surface area contributed by atoms with Gasteiger partial charge in [0.05, 0.1) is 18.5 Å². The summed E-state index contributed by atoms with van der Waals surface area (Å²) in [5.74, 6) is -4.70. The van der Waals surface area contributed by atoms with Crippen LogP contribution in [0.25, 0.3) is 0 Å². The number of amides is 2. The molecule has 1 aliphatic rings. The fourth-order valence-electron chi connectivity index (χ4n) is 2.76. The Balaban J connectivity index is 2.44. The molecule has 1 aromatic carbocycles. The molecule has 0 aliphatic carbocycles. The number of esters is 1. The van der Waals surface area contributed by atoms with Crippen LogP contribution in [0.15, 0.2) is 12.1 Å². The van der Waals surface area contributed by atoms with E-state index in [0.29, 0.717) is 0 Å². The number of carbonyl (C=O) groups is 3. The molecular weight excluding hydrogens is 400 g/mol. The zero-order valence-electron chi connectivity index (χ0n) is 16.2. The highest BCUT2D eigenvalue weighted by Crippen LogP contribution is 2.37. The van der Waals surface area contributed by atoms with E-state index in [0.717, 1.165) is 18.1 Å². The molecule has 7 nitrogen and oxygen atoms in total. The number of anilines is 2. The molecule has 0 aromatic heterocycles. The van der Waals surface area contributed by atoms with E-state index in [9.17, 15) is 27.6 Å². The fraction of sp³-hybridized carbons (Fsp3) is 0.500. The predicted molar refractivity (Wildman–Crippen MR) is 94.1 cm³/mol. The predicted octanol–water partition coefficient (Wildman–Crippen LogP) is 3.19. The topological polar surface area (TPSA) is 76.2 Å². The minimum Gasteiger partial charge on any atom is -0.468 e. The van der Waals surface area contributed by atoms with Gasteiger partial charge in [0.25, 0.3) is 0 Å². The second-order valence-corrected chi connectivity index (χ2v) is 7.24. The van der Waals surface area contributed by atoms with Crippen molar-refractivity contribution < 1.29 is 41.4 Å². The molecule has 0 fully saturated rings. The molecular formula is C18H20F4N2O5. The Kier molecular flexibility index (Phi) is 6.10. The van der Waals surface area contributed by atoms with Crippen LogP contribution in [-0.2, 0) is 25.5 Å². The molecule has 0 spiro atoms. The van der Waals surface area contributed by atoms with Crippen molar-refractivity contribution in [3.63, 3.8) is 0 Å². The zero-order valence-corrected chi connectivity index (χ0v) is 16.2. The number of methoxy groups -OCH3 is 1. The number of rotatable bonds is 3. The monoisotopic (exact) mass is 420 g/mol. The quantitative estimate of drug-likeness (QED) is 0.555. The van der Waals surface area contributed by atoms with Gasteiger partial charge in [0, 0.05) is 12.1 Å². The number of benzene rings is 1. The van der Waals surface area contributed by atoms with Crippen LogP contribution in [0.4, 0.5) is 33.7 Å². The third-order valence-corrected chi connectivity index (χ3v) is 3.98. The summed E-state index contributed by atoms with van der Waals surface area (Å²) >= 11 is 0. The van der Waals surface area contributed by atoms with E-state index < -0.39 is 47.8 Å². The summed E-state index contributed by atoms with van der Waals surface area (Å²) in [5.41, 5.74) is -1.46. The number of hydrogen-bond acceptors (Lipinski definition) is 5. The zero-order chi connectivity index (χ0) is 22.1. The van der Waals surface area contributed by atoms with Gasteiger partial charge in [0.1, 0.15) is 12.1 Å². The van der Waals surface area contributed by atoms with Crippen LogP contribution in [0.2, 0.25) is 0 Å². The van der Waals surface area contributed by atoms with Crippen LogP contribution < -0.4 is 9.80 Å². The van der Waals surface area contributed by atoms with Crippen molar-refractivity contribution in [2.24, 2.45) is 0 Å². The average Bonchev–Trinajstić information content (AvgIpc) is 3.02. The maximum Gasteiger partial charge on any atom is 0.471 e. The number of alkyl halides is 3. The van der Waals surface area contributed by atoms with Crippen LogP contribution in [-0.4, -0.2) is 49.9 Å². The van der Waals surface area contributed by atoms with Gasteiger partial charge in [-0.25, -0.2) is 9.18 Å².